The van der Waals surface area contributed by atoms with E-state index in [4.69, 9.17) is 19.0 Å². The summed E-state index contributed by atoms with van der Waals surface area (Å²) in [6.45, 7) is 0.647. The molecule has 0 radical (unpaired) electrons. The lowest BCUT2D eigenvalue weighted by Gasteiger charge is -2.26. The number of aromatic nitrogens is 1. The summed E-state index contributed by atoms with van der Waals surface area (Å²) in [6, 6.07) is 7.17. The highest BCUT2D eigenvalue weighted by Gasteiger charge is 2.51. The van der Waals surface area contributed by atoms with Gasteiger partial charge in [-0.2, -0.15) is 0 Å². The molecule has 1 aromatic carbocycles. The molecule has 3 aliphatic rings. The number of rotatable bonds is 10. The molecule has 3 heterocycles. The summed E-state index contributed by atoms with van der Waals surface area (Å²) in [7, 11) is 0. The zero-order chi connectivity index (χ0) is 24.9. The molecule has 1 aliphatic carbocycles. The molecule has 5 rings (SSSR count). The van der Waals surface area contributed by atoms with Crippen LogP contribution in [0.3, 0.4) is 0 Å². The van der Waals surface area contributed by atoms with Gasteiger partial charge in [0.2, 0.25) is 5.89 Å². The maximum Gasteiger partial charge on any atom is 0.511 e. The standard InChI is InChI=1S/C28H36N2O6/c31-26(29-15-7-6-10-18-8-2-1-3-9-18)21-17-34-27(30-21)25-20(23-13-14-24(25)35-23)16-19-11-4-5-12-22(19)36-28(32)33/h4-5,11-12,17-18,20,23-25H,1-3,6-10,13-16H2,(H,29,31)(H,32,33)/t20-,23-,24+,25-/m0/s1. The smallest absolute Gasteiger partial charge is 0.449 e. The Balaban J connectivity index is 1.17. The van der Waals surface area contributed by atoms with Crippen LogP contribution in [0.5, 0.6) is 5.75 Å². The maximum atomic E-state index is 12.7. The van der Waals surface area contributed by atoms with Crippen LogP contribution in [0.25, 0.3) is 0 Å². The second-order valence-corrected chi connectivity index (χ2v) is 10.5. The van der Waals surface area contributed by atoms with Gasteiger partial charge in [-0.05, 0) is 43.2 Å². The van der Waals surface area contributed by atoms with Gasteiger partial charge in [-0.1, -0.05) is 63.1 Å². The lowest BCUT2D eigenvalue weighted by Crippen LogP contribution is -2.28. The minimum Gasteiger partial charge on any atom is -0.449 e. The molecule has 3 fully saturated rings. The summed E-state index contributed by atoms with van der Waals surface area (Å²) in [6.07, 6.45) is 12.8. The first kappa shape index (κ1) is 24.8. The number of amides is 1. The monoisotopic (exact) mass is 496 g/mol. The van der Waals surface area contributed by atoms with Crippen molar-refractivity contribution in [3.05, 3.63) is 47.7 Å². The normalized spacial score (nSPS) is 25.7. The van der Waals surface area contributed by atoms with Crippen molar-refractivity contribution in [2.24, 2.45) is 11.8 Å². The molecule has 2 bridgehead atoms. The van der Waals surface area contributed by atoms with Crippen molar-refractivity contribution in [3.8, 4) is 5.75 Å². The fourth-order valence-corrected chi connectivity index (χ4v) is 6.37. The minimum atomic E-state index is -1.33. The van der Waals surface area contributed by atoms with Gasteiger partial charge in [0, 0.05) is 12.5 Å². The fraction of sp³-hybridized carbons (Fsp3) is 0.607. The van der Waals surface area contributed by atoms with Crippen LogP contribution in [0.1, 0.15) is 92.1 Å². The highest BCUT2D eigenvalue weighted by atomic mass is 16.7. The molecule has 8 nitrogen and oxygen atoms in total. The topological polar surface area (TPSA) is 111 Å². The largest absolute Gasteiger partial charge is 0.511 e. The number of carboxylic acid groups (broad SMARTS) is 1. The first-order chi connectivity index (χ1) is 17.6. The molecule has 2 saturated heterocycles. The molecule has 0 spiro atoms. The van der Waals surface area contributed by atoms with Crippen LogP contribution in [0.4, 0.5) is 4.79 Å². The highest BCUT2D eigenvalue weighted by Crippen LogP contribution is 2.50. The Kier molecular flexibility index (Phi) is 7.90. The molecular weight excluding hydrogens is 460 g/mol. The maximum absolute atomic E-state index is 12.7. The van der Waals surface area contributed by atoms with Gasteiger partial charge in [0.15, 0.2) is 5.69 Å². The molecule has 0 unspecified atom stereocenters. The lowest BCUT2D eigenvalue weighted by atomic mass is 9.76. The Morgan fingerprint density at radius 2 is 1.86 bits per heavy atom. The van der Waals surface area contributed by atoms with Crippen LogP contribution in [-0.4, -0.2) is 40.9 Å². The number of carbonyl (C=O) groups is 2. The van der Waals surface area contributed by atoms with Crippen molar-refractivity contribution in [1.82, 2.24) is 10.3 Å². The van der Waals surface area contributed by atoms with Gasteiger partial charge in [0.1, 0.15) is 12.0 Å². The molecule has 2 aliphatic heterocycles. The Morgan fingerprint density at radius 1 is 1.06 bits per heavy atom. The first-order valence-electron chi connectivity index (χ1n) is 13.5. The van der Waals surface area contributed by atoms with E-state index in [1.807, 2.05) is 12.1 Å². The van der Waals surface area contributed by atoms with Crippen LogP contribution in [0.15, 0.2) is 34.9 Å². The number of unbranched alkanes of at least 4 members (excludes halogenated alkanes) is 1. The number of nitrogens with zero attached hydrogens (tertiary/aromatic N) is 1. The predicted molar refractivity (Wildman–Crippen MR) is 132 cm³/mol. The Labute approximate surface area is 211 Å². The lowest BCUT2D eigenvalue weighted by molar-refractivity contribution is 0.0897. The van der Waals surface area contributed by atoms with E-state index in [9.17, 15) is 9.59 Å². The van der Waals surface area contributed by atoms with Gasteiger partial charge in [0.25, 0.3) is 5.91 Å². The molecule has 1 aromatic heterocycles. The number of nitrogens with one attached hydrogen (secondary N) is 1. The number of hydrogen-bond donors (Lipinski definition) is 2. The SMILES string of the molecule is O=C(O)Oc1ccccc1C[C@@H]1[C@H](c2nc(C(=O)NCCCCC3CCCCC3)co2)[C@H]2CC[C@@H]1O2. The Bertz CT molecular complexity index is 1050. The van der Waals surface area contributed by atoms with E-state index in [1.165, 1.54) is 44.8 Å². The van der Waals surface area contributed by atoms with E-state index >= 15 is 0 Å². The zero-order valence-electron chi connectivity index (χ0n) is 20.7. The van der Waals surface area contributed by atoms with E-state index in [1.54, 1.807) is 12.1 Å². The Hall–Kier alpha value is -2.87. The van der Waals surface area contributed by atoms with Gasteiger partial charge >= 0.3 is 6.16 Å². The van der Waals surface area contributed by atoms with E-state index in [0.717, 1.165) is 37.2 Å². The van der Waals surface area contributed by atoms with Crippen LogP contribution in [-0.2, 0) is 11.2 Å². The van der Waals surface area contributed by atoms with E-state index < -0.39 is 6.16 Å². The van der Waals surface area contributed by atoms with Crippen molar-refractivity contribution in [2.45, 2.75) is 88.8 Å². The van der Waals surface area contributed by atoms with Crippen LogP contribution in [0.2, 0.25) is 0 Å². The summed E-state index contributed by atoms with van der Waals surface area (Å²) in [5, 5.41) is 12.1. The van der Waals surface area contributed by atoms with Gasteiger partial charge in [-0.15, -0.1) is 0 Å². The molecule has 1 saturated carbocycles. The molecule has 8 heteroatoms. The van der Waals surface area contributed by atoms with Crippen LogP contribution >= 0.6 is 0 Å². The fourth-order valence-electron chi connectivity index (χ4n) is 6.37. The number of oxazole rings is 1. The summed E-state index contributed by atoms with van der Waals surface area (Å²) < 4.78 is 17.0. The quantitative estimate of drug-likeness (QED) is 0.246. The summed E-state index contributed by atoms with van der Waals surface area (Å²) in [5.41, 5.74) is 1.11. The number of fused-ring (bicyclic) bond motifs is 2. The number of para-hydroxylation sites is 1. The summed E-state index contributed by atoms with van der Waals surface area (Å²) in [4.78, 5) is 28.4. The van der Waals surface area contributed by atoms with Gasteiger partial charge in [0.05, 0.1) is 18.1 Å². The van der Waals surface area contributed by atoms with Crippen LogP contribution < -0.4 is 10.1 Å². The molecule has 1 amide bonds. The third-order valence-electron chi connectivity index (χ3n) is 8.14. The zero-order valence-corrected chi connectivity index (χ0v) is 20.7. The number of carbonyl (C=O) groups excluding carboxylic acids is 1. The third-order valence-corrected chi connectivity index (χ3v) is 8.14. The minimum absolute atomic E-state index is 0.0121. The third kappa shape index (κ3) is 5.75. The van der Waals surface area contributed by atoms with Crippen molar-refractivity contribution in [1.29, 1.82) is 0 Å². The number of ether oxygens (including phenoxy) is 2. The van der Waals surface area contributed by atoms with Crippen molar-refractivity contribution in [3.63, 3.8) is 0 Å². The summed E-state index contributed by atoms with van der Waals surface area (Å²) in [5.74, 6) is 1.50. The molecule has 2 aromatic rings. The second kappa shape index (κ2) is 11.5. The van der Waals surface area contributed by atoms with Crippen molar-refractivity contribution < 1.29 is 28.6 Å². The molecular formula is C28H36N2O6. The second-order valence-electron chi connectivity index (χ2n) is 10.5. The van der Waals surface area contributed by atoms with E-state index in [2.05, 4.69) is 10.3 Å². The summed E-state index contributed by atoms with van der Waals surface area (Å²) >= 11 is 0. The number of benzene rings is 1. The van der Waals surface area contributed by atoms with Gasteiger partial charge in [-0.3, -0.25) is 4.79 Å². The Morgan fingerprint density at radius 3 is 2.69 bits per heavy atom. The molecule has 4 atom stereocenters. The average molecular weight is 497 g/mol. The van der Waals surface area contributed by atoms with Gasteiger partial charge < -0.3 is 24.3 Å². The molecule has 194 valence electrons. The van der Waals surface area contributed by atoms with Crippen molar-refractivity contribution in [2.75, 3.05) is 6.54 Å². The van der Waals surface area contributed by atoms with E-state index in [-0.39, 0.29) is 30.0 Å². The van der Waals surface area contributed by atoms with Crippen LogP contribution in [0, 0.1) is 11.8 Å². The predicted octanol–water partition coefficient (Wildman–Crippen LogP) is 5.72. The first-order valence-corrected chi connectivity index (χ1v) is 13.5. The van der Waals surface area contributed by atoms with Crippen molar-refractivity contribution >= 4 is 12.1 Å². The molecule has 36 heavy (non-hydrogen) atoms. The van der Waals surface area contributed by atoms with Gasteiger partial charge in [-0.25, -0.2) is 9.78 Å². The highest BCUT2D eigenvalue weighted by molar-refractivity contribution is 5.91. The number of hydrogen-bond acceptors (Lipinski definition) is 6. The molecule has 2 N–H and O–H groups in total. The van der Waals surface area contributed by atoms with E-state index in [0.29, 0.717) is 30.3 Å². The average Bonchev–Trinajstić information content (AvgIpc) is 3.62.